The summed E-state index contributed by atoms with van der Waals surface area (Å²) < 4.78 is 0. The third-order valence-corrected chi connectivity index (χ3v) is 3.02. The number of anilines is 1. The predicted octanol–water partition coefficient (Wildman–Crippen LogP) is 2.97. The van der Waals surface area contributed by atoms with Crippen LogP contribution in [0, 0.1) is 6.92 Å². The van der Waals surface area contributed by atoms with Crippen molar-refractivity contribution in [2.24, 2.45) is 0 Å². The van der Waals surface area contributed by atoms with Crippen molar-refractivity contribution in [3.05, 3.63) is 65.2 Å². The van der Waals surface area contributed by atoms with Crippen LogP contribution in [0.1, 0.15) is 21.5 Å². The second kappa shape index (κ2) is 6.16. The van der Waals surface area contributed by atoms with Crippen molar-refractivity contribution < 1.29 is 4.79 Å². The molecular formula is C16H18N2O. The van der Waals surface area contributed by atoms with Crippen molar-refractivity contribution in [1.29, 1.82) is 0 Å². The fourth-order valence-electron chi connectivity index (χ4n) is 2.00. The molecular weight excluding hydrogens is 236 g/mol. The minimum absolute atomic E-state index is 0.0679. The van der Waals surface area contributed by atoms with Crippen LogP contribution in [0.4, 0.5) is 5.69 Å². The summed E-state index contributed by atoms with van der Waals surface area (Å²) in [4.78, 5) is 12.3. The van der Waals surface area contributed by atoms with Gasteiger partial charge in [0.15, 0.2) is 0 Å². The molecule has 3 nitrogen and oxygen atoms in total. The summed E-state index contributed by atoms with van der Waals surface area (Å²) in [5.41, 5.74) is 3.62. The van der Waals surface area contributed by atoms with Gasteiger partial charge >= 0.3 is 0 Å². The van der Waals surface area contributed by atoms with E-state index in [4.69, 9.17) is 0 Å². The van der Waals surface area contributed by atoms with E-state index in [2.05, 4.69) is 10.6 Å². The lowest BCUT2D eigenvalue weighted by Crippen LogP contribution is -2.16. The lowest BCUT2D eigenvalue weighted by molar-refractivity contribution is 0.102. The minimum atomic E-state index is -0.0679. The molecule has 0 radical (unpaired) electrons. The number of rotatable bonds is 4. The molecule has 0 atom stereocenters. The highest BCUT2D eigenvalue weighted by molar-refractivity contribution is 6.05. The molecule has 0 aliphatic carbocycles. The Morgan fingerprint density at radius 2 is 1.74 bits per heavy atom. The average Bonchev–Trinajstić information content (AvgIpc) is 2.41. The maximum Gasteiger partial charge on any atom is 0.255 e. The molecule has 98 valence electrons. The lowest BCUT2D eigenvalue weighted by atomic mass is 10.1. The second-order valence-electron chi connectivity index (χ2n) is 4.46. The molecule has 0 spiro atoms. The van der Waals surface area contributed by atoms with E-state index in [1.807, 2.05) is 62.5 Å². The topological polar surface area (TPSA) is 41.1 Å². The first-order valence-corrected chi connectivity index (χ1v) is 6.32. The van der Waals surface area contributed by atoms with Crippen LogP contribution in [0.3, 0.4) is 0 Å². The van der Waals surface area contributed by atoms with E-state index in [-0.39, 0.29) is 5.91 Å². The number of benzene rings is 2. The van der Waals surface area contributed by atoms with E-state index >= 15 is 0 Å². The van der Waals surface area contributed by atoms with Gasteiger partial charge in [0.2, 0.25) is 0 Å². The number of amides is 1. The van der Waals surface area contributed by atoms with Gasteiger partial charge in [0.05, 0.1) is 0 Å². The summed E-state index contributed by atoms with van der Waals surface area (Å²) in [5, 5.41) is 6.07. The molecule has 0 saturated carbocycles. The molecule has 2 rings (SSSR count). The number of hydrogen-bond acceptors (Lipinski definition) is 2. The summed E-state index contributed by atoms with van der Waals surface area (Å²) in [7, 11) is 1.89. The zero-order valence-corrected chi connectivity index (χ0v) is 11.2. The average molecular weight is 254 g/mol. The summed E-state index contributed by atoms with van der Waals surface area (Å²) in [6.45, 7) is 2.67. The highest BCUT2D eigenvalue weighted by Gasteiger charge is 2.10. The molecule has 2 aromatic rings. The third kappa shape index (κ3) is 3.20. The zero-order chi connectivity index (χ0) is 13.7. The molecule has 0 aromatic heterocycles. The van der Waals surface area contributed by atoms with Gasteiger partial charge in [-0.25, -0.2) is 0 Å². The van der Waals surface area contributed by atoms with E-state index in [0.29, 0.717) is 5.56 Å². The predicted molar refractivity (Wildman–Crippen MR) is 78.3 cm³/mol. The first-order chi connectivity index (χ1) is 9.22. The molecule has 0 saturated heterocycles. The standard InChI is InChI=1S/C16H18N2O/c1-12-7-3-5-9-14(12)16(19)18-15-10-6-4-8-13(15)11-17-2/h3-10,17H,11H2,1-2H3,(H,18,19). The summed E-state index contributed by atoms with van der Waals surface area (Å²) >= 11 is 0. The first kappa shape index (κ1) is 13.3. The fourth-order valence-corrected chi connectivity index (χ4v) is 2.00. The van der Waals surface area contributed by atoms with Crippen molar-refractivity contribution in [1.82, 2.24) is 5.32 Å². The quantitative estimate of drug-likeness (QED) is 0.880. The van der Waals surface area contributed by atoms with Crippen LogP contribution >= 0.6 is 0 Å². The molecule has 0 aliphatic rings. The van der Waals surface area contributed by atoms with Crippen LogP contribution < -0.4 is 10.6 Å². The second-order valence-corrected chi connectivity index (χ2v) is 4.46. The van der Waals surface area contributed by atoms with Gasteiger partial charge in [0, 0.05) is 17.8 Å². The Morgan fingerprint density at radius 1 is 1.05 bits per heavy atom. The molecule has 3 heteroatoms. The van der Waals surface area contributed by atoms with Gasteiger partial charge in [-0.3, -0.25) is 4.79 Å². The summed E-state index contributed by atoms with van der Waals surface area (Å²) in [6, 6.07) is 15.4. The van der Waals surface area contributed by atoms with Gasteiger partial charge < -0.3 is 10.6 Å². The zero-order valence-electron chi connectivity index (χ0n) is 11.2. The minimum Gasteiger partial charge on any atom is -0.322 e. The lowest BCUT2D eigenvalue weighted by Gasteiger charge is -2.11. The molecule has 0 aliphatic heterocycles. The molecule has 0 fully saturated rings. The molecule has 19 heavy (non-hydrogen) atoms. The number of nitrogens with one attached hydrogen (secondary N) is 2. The van der Waals surface area contributed by atoms with Gasteiger partial charge in [-0.1, -0.05) is 36.4 Å². The fraction of sp³-hybridized carbons (Fsp3) is 0.188. The summed E-state index contributed by atoms with van der Waals surface area (Å²) in [6.07, 6.45) is 0. The number of carbonyl (C=O) groups is 1. The monoisotopic (exact) mass is 254 g/mol. The normalized spacial score (nSPS) is 10.2. The van der Waals surface area contributed by atoms with Crippen molar-refractivity contribution in [3.63, 3.8) is 0 Å². The van der Waals surface area contributed by atoms with Crippen LogP contribution in [-0.4, -0.2) is 13.0 Å². The number of para-hydroxylation sites is 1. The first-order valence-electron chi connectivity index (χ1n) is 6.32. The number of aryl methyl sites for hydroxylation is 1. The van der Waals surface area contributed by atoms with E-state index in [9.17, 15) is 4.79 Å². The molecule has 1 amide bonds. The molecule has 2 aromatic carbocycles. The highest BCUT2D eigenvalue weighted by atomic mass is 16.1. The van der Waals surface area contributed by atoms with Gasteiger partial charge in [0.25, 0.3) is 5.91 Å². The Kier molecular flexibility index (Phi) is 4.31. The van der Waals surface area contributed by atoms with Crippen LogP contribution in [0.2, 0.25) is 0 Å². The Bertz CT molecular complexity index is 578. The largest absolute Gasteiger partial charge is 0.322 e. The van der Waals surface area contributed by atoms with Gasteiger partial charge in [-0.2, -0.15) is 0 Å². The maximum atomic E-state index is 12.3. The van der Waals surface area contributed by atoms with Crippen LogP contribution in [0.15, 0.2) is 48.5 Å². The van der Waals surface area contributed by atoms with E-state index in [0.717, 1.165) is 23.4 Å². The maximum absolute atomic E-state index is 12.3. The van der Waals surface area contributed by atoms with Crippen molar-refractivity contribution >= 4 is 11.6 Å². The highest BCUT2D eigenvalue weighted by Crippen LogP contribution is 2.17. The smallest absolute Gasteiger partial charge is 0.255 e. The Hall–Kier alpha value is -2.13. The van der Waals surface area contributed by atoms with E-state index < -0.39 is 0 Å². The Labute approximate surface area is 113 Å². The van der Waals surface area contributed by atoms with Gasteiger partial charge in [-0.05, 0) is 37.2 Å². The Morgan fingerprint density at radius 3 is 2.47 bits per heavy atom. The Balaban J connectivity index is 2.22. The molecule has 0 bridgehead atoms. The van der Waals surface area contributed by atoms with Crippen LogP contribution in [0.25, 0.3) is 0 Å². The van der Waals surface area contributed by atoms with Crippen molar-refractivity contribution in [2.75, 3.05) is 12.4 Å². The van der Waals surface area contributed by atoms with Crippen molar-refractivity contribution in [3.8, 4) is 0 Å². The van der Waals surface area contributed by atoms with Gasteiger partial charge in [-0.15, -0.1) is 0 Å². The van der Waals surface area contributed by atoms with Crippen LogP contribution in [0.5, 0.6) is 0 Å². The number of hydrogen-bond donors (Lipinski definition) is 2. The van der Waals surface area contributed by atoms with E-state index in [1.165, 1.54) is 0 Å². The SMILES string of the molecule is CNCc1ccccc1NC(=O)c1ccccc1C. The molecule has 0 unspecified atom stereocenters. The van der Waals surface area contributed by atoms with E-state index in [1.54, 1.807) is 0 Å². The molecule has 0 heterocycles. The van der Waals surface area contributed by atoms with Gasteiger partial charge in [0.1, 0.15) is 0 Å². The van der Waals surface area contributed by atoms with Crippen LogP contribution in [-0.2, 0) is 6.54 Å². The summed E-state index contributed by atoms with van der Waals surface area (Å²) in [5.74, 6) is -0.0679. The molecule has 2 N–H and O–H groups in total. The third-order valence-electron chi connectivity index (χ3n) is 3.02. The van der Waals surface area contributed by atoms with Crippen molar-refractivity contribution in [2.45, 2.75) is 13.5 Å². The number of carbonyl (C=O) groups excluding carboxylic acids is 1.